The van der Waals surface area contributed by atoms with Gasteiger partial charge in [-0.3, -0.25) is 0 Å². The molecular formula is C19H21ClO. The second kappa shape index (κ2) is 4.39. The van der Waals surface area contributed by atoms with Gasteiger partial charge in [0.05, 0.1) is 0 Å². The summed E-state index contributed by atoms with van der Waals surface area (Å²) in [5.41, 5.74) is 5.75. The Kier molecular flexibility index (Phi) is 2.81. The molecule has 0 bridgehead atoms. The van der Waals surface area contributed by atoms with E-state index in [0.29, 0.717) is 17.5 Å². The van der Waals surface area contributed by atoms with E-state index >= 15 is 0 Å². The van der Waals surface area contributed by atoms with Crippen LogP contribution in [0.25, 0.3) is 10.8 Å². The molecule has 1 atom stereocenters. The van der Waals surface area contributed by atoms with Crippen LogP contribution in [0.4, 0.5) is 0 Å². The van der Waals surface area contributed by atoms with Crippen LogP contribution < -0.4 is 0 Å². The molecule has 2 aromatic carbocycles. The van der Waals surface area contributed by atoms with Crippen molar-refractivity contribution in [1.82, 2.24) is 0 Å². The molecule has 0 spiro atoms. The molecular weight excluding hydrogens is 280 g/mol. The summed E-state index contributed by atoms with van der Waals surface area (Å²) in [6.07, 6.45) is 4.62. The van der Waals surface area contributed by atoms with Crippen molar-refractivity contribution in [3.05, 3.63) is 40.5 Å². The summed E-state index contributed by atoms with van der Waals surface area (Å²) in [5, 5.41) is 12.9. The zero-order valence-electron chi connectivity index (χ0n) is 12.7. The van der Waals surface area contributed by atoms with Gasteiger partial charge >= 0.3 is 0 Å². The van der Waals surface area contributed by atoms with Gasteiger partial charge in [0, 0.05) is 11.3 Å². The fourth-order valence-electron chi connectivity index (χ4n) is 4.56. The van der Waals surface area contributed by atoms with Crippen LogP contribution in [-0.4, -0.2) is 11.0 Å². The predicted octanol–water partition coefficient (Wildman–Crippen LogP) is 5.04. The maximum atomic E-state index is 10.5. The highest BCUT2D eigenvalue weighted by Gasteiger charge is 2.39. The van der Waals surface area contributed by atoms with E-state index in [1.165, 1.54) is 40.5 Å². The molecule has 0 amide bonds. The lowest BCUT2D eigenvalue weighted by Crippen LogP contribution is -2.12. The number of alkyl halides is 1. The summed E-state index contributed by atoms with van der Waals surface area (Å²) in [4.78, 5) is 0. The lowest BCUT2D eigenvalue weighted by atomic mass is 9.84. The molecule has 0 saturated carbocycles. The van der Waals surface area contributed by atoms with Crippen molar-refractivity contribution < 1.29 is 5.11 Å². The van der Waals surface area contributed by atoms with E-state index in [0.717, 1.165) is 18.2 Å². The highest BCUT2D eigenvalue weighted by Crippen LogP contribution is 2.52. The molecule has 0 aromatic heterocycles. The fourth-order valence-corrected chi connectivity index (χ4v) is 4.82. The molecule has 1 N–H and O–H groups in total. The number of phenolic OH excluding ortho intramolecular Hbond substituents is 1. The van der Waals surface area contributed by atoms with Crippen molar-refractivity contribution in [2.45, 2.75) is 50.9 Å². The Morgan fingerprint density at radius 2 is 2.10 bits per heavy atom. The van der Waals surface area contributed by atoms with E-state index in [2.05, 4.69) is 26.0 Å². The molecule has 1 nitrogen and oxygen atoms in total. The van der Waals surface area contributed by atoms with E-state index < -0.39 is 0 Å². The van der Waals surface area contributed by atoms with Crippen LogP contribution in [0.15, 0.2) is 18.2 Å². The lowest BCUT2D eigenvalue weighted by molar-refractivity contribution is 0.470. The molecule has 2 aliphatic carbocycles. The average Bonchev–Trinajstić information content (AvgIpc) is 3.01. The maximum Gasteiger partial charge on any atom is 0.123 e. The molecule has 4 rings (SSSR count). The van der Waals surface area contributed by atoms with Crippen LogP contribution in [0.5, 0.6) is 5.75 Å². The molecule has 110 valence electrons. The molecule has 2 aliphatic rings. The number of benzene rings is 2. The molecule has 0 saturated heterocycles. The minimum atomic E-state index is 0.0991. The van der Waals surface area contributed by atoms with Crippen molar-refractivity contribution in [2.75, 3.05) is 5.88 Å². The van der Waals surface area contributed by atoms with Crippen molar-refractivity contribution in [3.8, 4) is 5.75 Å². The summed E-state index contributed by atoms with van der Waals surface area (Å²) >= 11 is 6.29. The Morgan fingerprint density at radius 1 is 1.29 bits per heavy atom. The van der Waals surface area contributed by atoms with E-state index in [4.69, 9.17) is 11.6 Å². The largest absolute Gasteiger partial charge is 0.507 e. The van der Waals surface area contributed by atoms with Gasteiger partial charge < -0.3 is 5.11 Å². The number of phenols is 1. The average molecular weight is 301 g/mol. The Labute approximate surface area is 130 Å². The molecule has 0 radical (unpaired) electrons. The minimum absolute atomic E-state index is 0.0991. The van der Waals surface area contributed by atoms with Gasteiger partial charge in [0.25, 0.3) is 0 Å². The van der Waals surface area contributed by atoms with Crippen LogP contribution in [0.2, 0.25) is 0 Å². The molecule has 2 aromatic rings. The van der Waals surface area contributed by atoms with Gasteiger partial charge in [-0.25, -0.2) is 0 Å². The van der Waals surface area contributed by atoms with Crippen molar-refractivity contribution in [1.29, 1.82) is 0 Å². The summed E-state index contributed by atoms with van der Waals surface area (Å²) in [7, 11) is 0. The number of aromatic hydroxyl groups is 1. The highest BCUT2D eigenvalue weighted by atomic mass is 35.5. The fraction of sp³-hybridized carbons (Fsp3) is 0.474. The molecule has 2 heteroatoms. The quantitative estimate of drug-likeness (QED) is 0.732. The monoisotopic (exact) mass is 300 g/mol. The number of halogens is 1. The summed E-state index contributed by atoms with van der Waals surface area (Å²) in [6, 6.07) is 6.30. The predicted molar refractivity (Wildman–Crippen MR) is 88.7 cm³/mol. The van der Waals surface area contributed by atoms with E-state index in [-0.39, 0.29) is 5.41 Å². The van der Waals surface area contributed by atoms with Gasteiger partial charge in [-0.2, -0.15) is 0 Å². The zero-order chi connectivity index (χ0) is 14.8. The van der Waals surface area contributed by atoms with E-state index in [1.54, 1.807) is 0 Å². The number of hydrogen-bond donors (Lipinski definition) is 1. The summed E-state index contributed by atoms with van der Waals surface area (Å²) in [5.74, 6) is 1.51. The third-order valence-electron chi connectivity index (χ3n) is 5.48. The first-order valence-electron chi connectivity index (χ1n) is 7.89. The standard InChI is InChI=1S/C19H21ClO/c1-19(2)9-12(10-20)17-15(19)8-16(21)14-7-6-11-4-3-5-13(11)18(14)17/h6-8,12,21H,3-5,9-10H2,1-2H3. The van der Waals surface area contributed by atoms with Crippen molar-refractivity contribution in [3.63, 3.8) is 0 Å². The maximum absolute atomic E-state index is 10.5. The Balaban J connectivity index is 2.16. The van der Waals surface area contributed by atoms with Crippen LogP contribution in [0.1, 0.15) is 54.9 Å². The highest BCUT2D eigenvalue weighted by molar-refractivity contribution is 6.18. The first-order valence-corrected chi connectivity index (χ1v) is 8.43. The Bertz CT molecular complexity index is 745. The van der Waals surface area contributed by atoms with Crippen LogP contribution >= 0.6 is 11.6 Å². The topological polar surface area (TPSA) is 20.2 Å². The number of rotatable bonds is 1. The third kappa shape index (κ3) is 1.76. The second-order valence-corrected chi connectivity index (χ2v) is 7.58. The summed E-state index contributed by atoms with van der Waals surface area (Å²) in [6.45, 7) is 4.54. The molecule has 0 aliphatic heterocycles. The number of aryl methyl sites for hydroxylation is 2. The number of fused-ring (bicyclic) bond motifs is 5. The van der Waals surface area contributed by atoms with Crippen molar-refractivity contribution >= 4 is 22.4 Å². The zero-order valence-corrected chi connectivity index (χ0v) is 13.4. The first-order chi connectivity index (χ1) is 10.0. The lowest BCUT2D eigenvalue weighted by Gasteiger charge is -2.20. The Morgan fingerprint density at radius 3 is 2.86 bits per heavy atom. The number of hydrogen-bond acceptors (Lipinski definition) is 1. The molecule has 1 unspecified atom stereocenters. The normalized spacial score (nSPS) is 22.5. The summed E-state index contributed by atoms with van der Waals surface area (Å²) < 4.78 is 0. The third-order valence-corrected chi connectivity index (χ3v) is 5.85. The van der Waals surface area contributed by atoms with Gasteiger partial charge in [-0.15, -0.1) is 11.6 Å². The van der Waals surface area contributed by atoms with Crippen molar-refractivity contribution in [2.24, 2.45) is 0 Å². The van der Waals surface area contributed by atoms with Gasteiger partial charge in [0.15, 0.2) is 0 Å². The second-order valence-electron chi connectivity index (χ2n) is 7.28. The molecule has 0 fully saturated rings. The van der Waals surface area contributed by atoms with Crippen LogP contribution in [0, 0.1) is 0 Å². The first kappa shape index (κ1) is 13.5. The van der Waals surface area contributed by atoms with Gasteiger partial charge in [-0.1, -0.05) is 26.0 Å². The van der Waals surface area contributed by atoms with E-state index in [9.17, 15) is 5.11 Å². The molecule has 21 heavy (non-hydrogen) atoms. The Hall–Kier alpha value is -1.21. The SMILES string of the molecule is CC1(C)CC(CCl)c2c1cc(O)c1ccc3c(c21)CCC3. The minimum Gasteiger partial charge on any atom is -0.507 e. The van der Waals surface area contributed by atoms with Crippen LogP contribution in [0.3, 0.4) is 0 Å². The van der Waals surface area contributed by atoms with Gasteiger partial charge in [0.2, 0.25) is 0 Å². The van der Waals surface area contributed by atoms with Gasteiger partial charge in [0.1, 0.15) is 5.75 Å². The molecule has 0 heterocycles. The smallest absolute Gasteiger partial charge is 0.123 e. The van der Waals surface area contributed by atoms with Crippen LogP contribution in [-0.2, 0) is 18.3 Å². The van der Waals surface area contributed by atoms with Gasteiger partial charge in [-0.05, 0) is 70.7 Å². The van der Waals surface area contributed by atoms with E-state index in [1.807, 2.05) is 6.07 Å².